The fourth-order valence-electron chi connectivity index (χ4n) is 1.97. The fourth-order valence-corrected chi connectivity index (χ4v) is 3.50. The lowest BCUT2D eigenvalue weighted by Crippen LogP contribution is -2.14. The van der Waals surface area contributed by atoms with Crippen LogP contribution in [0.4, 0.5) is 0 Å². The second-order valence-corrected chi connectivity index (χ2v) is 6.75. The van der Waals surface area contributed by atoms with E-state index in [0.29, 0.717) is 6.42 Å². The smallest absolute Gasteiger partial charge is 0.0449 e. The molecule has 0 fully saturated rings. The van der Waals surface area contributed by atoms with Gasteiger partial charge in [0.2, 0.25) is 0 Å². The Bertz CT molecular complexity index is 599. The van der Waals surface area contributed by atoms with Gasteiger partial charge < -0.3 is 5.73 Å². The lowest BCUT2D eigenvalue weighted by atomic mass is 9.99. The highest BCUT2D eigenvalue weighted by atomic mass is 79.9. The maximum absolute atomic E-state index is 6.28. The minimum atomic E-state index is -0.0753. The zero-order chi connectivity index (χ0) is 14.0. The van der Waals surface area contributed by atoms with Crippen molar-refractivity contribution in [3.63, 3.8) is 0 Å². The molecule has 0 saturated heterocycles. The quantitative estimate of drug-likeness (QED) is 0.728. The first kappa shape index (κ1) is 15.0. The van der Waals surface area contributed by atoms with Gasteiger partial charge in [0.1, 0.15) is 0 Å². The van der Waals surface area contributed by atoms with Gasteiger partial charge in [0.25, 0.3) is 0 Å². The van der Waals surface area contributed by atoms with E-state index in [1.807, 2.05) is 18.2 Å². The molecule has 0 spiro atoms. The van der Waals surface area contributed by atoms with Crippen LogP contribution in [-0.2, 0) is 6.42 Å². The molecular formula is C15H14Br2ClN. The summed E-state index contributed by atoms with van der Waals surface area (Å²) >= 11 is 13.2. The highest BCUT2D eigenvalue weighted by Crippen LogP contribution is 2.29. The molecular weight excluding hydrogens is 389 g/mol. The van der Waals surface area contributed by atoms with Gasteiger partial charge in [-0.3, -0.25) is 0 Å². The van der Waals surface area contributed by atoms with E-state index in [4.69, 9.17) is 17.3 Å². The number of rotatable bonds is 3. The fraction of sp³-hybridized carbons (Fsp3) is 0.200. The van der Waals surface area contributed by atoms with E-state index in [0.717, 1.165) is 25.1 Å². The van der Waals surface area contributed by atoms with Crippen molar-refractivity contribution < 1.29 is 0 Å². The zero-order valence-electron chi connectivity index (χ0n) is 10.5. The molecule has 2 aromatic rings. The molecule has 1 unspecified atom stereocenters. The molecule has 0 heterocycles. The molecule has 0 aliphatic heterocycles. The number of nitrogens with two attached hydrogens (primary N) is 1. The van der Waals surface area contributed by atoms with Crippen molar-refractivity contribution in [1.82, 2.24) is 0 Å². The molecule has 1 atom stereocenters. The van der Waals surface area contributed by atoms with E-state index < -0.39 is 0 Å². The summed E-state index contributed by atoms with van der Waals surface area (Å²) in [5.74, 6) is 0. The third-order valence-electron chi connectivity index (χ3n) is 3.01. The van der Waals surface area contributed by atoms with E-state index in [1.54, 1.807) is 0 Å². The van der Waals surface area contributed by atoms with Crippen LogP contribution in [0, 0.1) is 6.92 Å². The van der Waals surface area contributed by atoms with Crippen LogP contribution in [0.2, 0.25) is 5.02 Å². The molecule has 0 radical (unpaired) electrons. The SMILES string of the molecule is Cc1ccc(C(N)Cc2ccc(Br)cc2Cl)c(Br)c1. The summed E-state index contributed by atoms with van der Waals surface area (Å²) in [6, 6.07) is 12.0. The second-order valence-electron chi connectivity index (χ2n) is 4.57. The molecule has 4 heteroatoms. The number of halogens is 3. The van der Waals surface area contributed by atoms with Crippen molar-refractivity contribution >= 4 is 43.5 Å². The van der Waals surface area contributed by atoms with Gasteiger partial charge >= 0.3 is 0 Å². The highest BCUT2D eigenvalue weighted by Gasteiger charge is 2.12. The number of benzene rings is 2. The average Bonchev–Trinajstić information content (AvgIpc) is 2.32. The minimum absolute atomic E-state index is 0.0753. The van der Waals surface area contributed by atoms with Crippen LogP contribution in [-0.4, -0.2) is 0 Å². The van der Waals surface area contributed by atoms with E-state index in [-0.39, 0.29) is 6.04 Å². The summed E-state index contributed by atoms with van der Waals surface area (Å²) < 4.78 is 2.03. The van der Waals surface area contributed by atoms with Crippen LogP contribution in [0.5, 0.6) is 0 Å². The Morgan fingerprint density at radius 3 is 2.53 bits per heavy atom. The predicted octanol–water partition coefficient (Wildman–Crippen LogP) is 5.42. The maximum atomic E-state index is 6.28. The lowest BCUT2D eigenvalue weighted by molar-refractivity contribution is 0.718. The molecule has 0 aliphatic carbocycles. The van der Waals surface area contributed by atoms with Crippen molar-refractivity contribution in [3.05, 3.63) is 67.1 Å². The van der Waals surface area contributed by atoms with Crippen LogP contribution >= 0.6 is 43.5 Å². The van der Waals surface area contributed by atoms with Gasteiger partial charge in [-0.05, 0) is 48.2 Å². The maximum Gasteiger partial charge on any atom is 0.0449 e. The van der Waals surface area contributed by atoms with Gasteiger partial charge in [-0.15, -0.1) is 0 Å². The average molecular weight is 404 g/mol. The molecule has 0 amide bonds. The van der Waals surface area contributed by atoms with Gasteiger partial charge in [-0.25, -0.2) is 0 Å². The number of aryl methyl sites for hydroxylation is 1. The minimum Gasteiger partial charge on any atom is -0.324 e. The predicted molar refractivity (Wildman–Crippen MR) is 88.7 cm³/mol. The van der Waals surface area contributed by atoms with E-state index in [2.05, 4.69) is 57.0 Å². The lowest BCUT2D eigenvalue weighted by Gasteiger charge is -2.15. The molecule has 1 nitrogen and oxygen atoms in total. The normalized spacial score (nSPS) is 12.5. The van der Waals surface area contributed by atoms with Crippen LogP contribution in [0.15, 0.2) is 45.3 Å². The van der Waals surface area contributed by atoms with Gasteiger partial charge in [-0.2, -0.15) is 0 Å². The highest BCUT2D eigenvalue weighted by molar-refractivity contribution is 9.10. The van der Waals surface area contributed by atoms with Crippen LogP contribution in [0.3, 0.4) is 0 Å². The van der Waals surface area contributed by atoms with Crippen LogP contribution < -0.4 is 5.73 Å². The third-order valence-corrected chi connectivity index (χ3v) is 4.54. The van der Waals surface area contributed by atoms with Gasteiger partial charge in [-0.1, -0.05) is 61.7 Å². The molecule has 0 saturated carbocycles. The number of hydrogen-bond donors (Lipinski definition) is 1. The topological polar surface area (TPSA) is 26.0 Å². The van der Waals surface area contributed by atoms with Crippen molar-refractivity contribution in [2.45, 2.75) is 19.4 Å². The zero-order valence-corrected chi connectivity index (χ0v) is 14.4. The van der Waals surface area contributed by atoms with Crippen molar-refractivity contribution in [2.75, 3.05) is 0 Å². The first-order valence-corrected chi connectivity index (χ1v) is 7.89. The molecule has 2 aromatic carbocycles. The summed E-state index contributed by atoms with van der Waals surface area (Å²) in [5.41, 5.74) is 9.66. The summed E-state index contributed by atoms with van der Waals surface area (Å²) in [6.07, 6.45) is 0.716. The van der Waals surface area contributed by atoms with Crippen molar-refractivity contribution in [2.24, 2.45) is 5.73 Å². The Morgan fingerprint density at radius 2 is 1.89 bits per heavy atom. The van der Waals surface area contributed by atoms with Gasteiger partial charge in [0.05, 0.1) is 0 Å². The Hall–Kier alpha value is -0.350. The molecule has 0 bridgehead atoms. The first-order chi connectivity index (χ1) is 8.97. The first-order valence-electron chi connectivity index (χ1n) is 5.93. The second kappa shape index (κ2) is 6.40. The summed E-state index contributed by atoms with van der Waals surface area (Å²) in [4.78, 5) is 0. The monoisotopic (exact) mass is 401 g/mol. The van der Waals surface area contributed by atoms with E-state index in [9.17, 15) is 0 Å². The van der Waals surface area contributed by atoms with Crippen LogP contribution in [0.25, 0.3) is 0 Å². The van der Waals surface area contributed by atoms with Gasteiger partial charge in [0.15, 0.2) is 0 Å². The summed E-state index contributed by atoms with van der Waals surface area (Å²) in [5, 5.41) is 0.744. The summed E-state index contributed by atoms with van der Waals surface area (Å²) in [7, 11) is 0. The third kappa shape index (κ3) is 3.82. The number of hydrogen-bond acceptors (Lipinski definition) is 1. The van der Waals surface area contributed by atoms with E-state index in [1.165, 1.54) is 5.56 Å². The molecule has 100 valence electrons. The Labute approximate surface area is 135 Å². The summed E-state index contributed by atoms with van der Waals surface area (Å²) in [6.45, 7) is 2.06. The van der Waals surface area contributed by atoms with Crippen LogP contribution in [0.1, 0.15) is 22.7 Å². The Morgan fingerprint density at radius 1 is 1.16 bits per heavy atom. The molecule has 19 heavy (non-hydrogen) atoms. The largest absolute Gasteiger partial charge is 0.324 e. The van der Waals surface area contributed by atoms with Crippen molar-refractivity contribution in [1.29, 1.82) is 0 Å². The van der Waals surface area contributed by atoms with Crippen molar-refractivity contribution in [3.8, 4) is 0 Å². The van der Waals surface area contributed by atoms with E-state index >= 15 is 0 Å². The standard InChI is InChI=1S/C15H14Br2ClN/c1-9-2-5-12(13(17)6-9)15(19)7-10-3-4-11(16)8-14(10)18/h2-6,8,15H,7,19H2,1H3. The molecule has 2 rings (SSSR count). The Balaban J connectivity index is 2.23. The molecule has 0 aromatic heterocycles. The van der Waals surface area contributed by atoms with Gasteiger partial charge in [0, 0.05) is 20.0 Å². The molecule has 0 aliphatic rings. The Kier molecular flexibility index (Phi) is 5.07. The molecule has 2 N–H and O–H groups in total.